The van der Waals surface area contributed by atoms with E-state index in [0.29, 0.717) is 29.9 Å². The second-order valence-electron chi connectivity index (χ2n) is 6.71. The van der Waals surface area contributed by atoms with E-state index < -0.39 is 5.63 Å². The lowest BCUT2D eigenvalue weighted by Crippen LogP contribution is -2.24. The Bertz CT molecular complexity index is 1230. The van der Waals surface area contributed by atoms with Crippen LogP contribution in [-0.4, -0.2) is 18.0 Å². The summed E-state index contributed by atoms with van der Waals surface area (Å²) in [5.41, 5.74) is 2.36. The molecule has 6 nitrogen and oxygen atoms in total. The minimum absolute atomic E-state index is 0.127. The number of para-hydroxylation sites is 1. The van der Waals surface area contributed by atoms with Gasteiger partial charge in [0.2, 0.25) is 5.91 Å². The first-order valence-corrected chi connectivity index (χ1v) is 10.1. The molecule has 148 valence electrons. The Hall–Kier alpha value is -3.19. The van der Waals surface area contributed by atoms with Gasteiger partial charge in [-0.15, -0.1) is 11.3 Å². The smallest absolute Gasteiger partial charge is 0.339 e. The molecule has 2 heterocycles. The minimum Gasteiger partial charge on any atom is -0.497 e. The van der Waals surface area contributed by atoms with Crippen LogP contribution < -0.4 is 15.7 Å². The van der Waals surface area contributed by atoms with Gasteiger partial charge in [0.25, 0.3) is 0 Å². The van der Waals surface area contributed by atoms with Crippen LogP contribution in [0.5, 0.6) is 5.75 Å². The number of carbonyl (C=O) groups is 1. The number of hydrogen-bond donors (Lipinski definition) is 1. The van der Waals surface area contributed by atoms with Gasteiger partial charge in [0.1, 0.15) is 16.3 Å². The maximum Gasteiger partial charge on any atom is 0.339 e. The molecule has 0 saturated carbocycles. The number of nitrogens with zero attached hydrogens (tertiary/aromatic N) is 1. The second-order valence-corrected chi connectivity index (χ2v) is 7.82. The maximum absolute atomic E-state index is 12.4. The number of fused-ring (bicyclic) bond motifs is 2. The first kappa shape index (κ1) is 19.1. The lowest BCUT2D eigenvalue weighted by atomic mass is 10.0. The summed E-state index contributed by atoms with van der Waals surface area (Å²) >= 11 is 1.56. The van der Waals surface area contributed by atoms with Crippen molar-refractivity contribution in [1.29, 1.82) is 0 Å². The molecule has 0 aliphatic carbocycles. The van der Waals surface area contributed by atoms with Gasteiger partial charge in [-0.25, -0.2) is 9.78 Å². The predicted octanol–water partition coefficient (Wildman–Crippen LogP) is 3.97. The molecule has 0 radical (unpaired) electrons. The molecule has 1 N–H and O–H groups in total. The molecule has 2 aromatic carbocycles. The summed E-state index contributed by atoms with van der Waals surface area (Å²) in [6, 6.07) is 13.3. The highest BCUT2D eigenvalue weighted by Gasteiger charge is 2.14. The molecule has 7 heteroatoms. The molecule has 0 bridgehead atoms. The van der Waals surface area contributed by atoms with Gasteiger partial charge in [0.15, 0.2) is 0 Å². The first-order valence-electron chi connectivity index (χ1n) is 9.26. The molecule has 1 amide bonds. The van der Waals surface area contributed by atoms with Gasteiger partial charge >= 0.3 is 5.63 Å². The van der Waals surface area contributed by atoms with Gasteiger partial charge in [-0.05, 0) is 43.2 Å². The van der Waals surface area contributed by atoms with E-state index in [0.717, 1.165) is 26.2 Å². The van der Waals surface area contributed by atoms with Crippen molar-refractivity contribution in [3.8, 4) is 5.75 Å². The topological polar surface area (TPSA) is 81.4 Å². The third kappa shape index (κ3) is 4.00. The number of ether oxygens (including phenoxy) is 1. The molecule has 0 atom stereocenters. The van der Waals surface area contributed by atoms with Crippen LogP contribution in [-0.2, 0) is 17.8 Å². The van der Waals surface area contributed by atoms with E-state index in [9.17, 15) is 9.59 Å². The minimum atomic E-state index is -0.415. The lowest BCUT2D eigenvalue weighted by Gasteiger charge is -2.09. The number of benzene rings is 2. The third-order valence-corrected chi connectivity index (χ3v) is 5.91. The van der Waals surface area contributed by atoms with E-state index >= 15 is 0 Å². The zero-order valence-corrected chi connectivity index (χ0v) is 17.0. The maximum atomic E-state index is 12.4. The molecule has 0 unspecified atom stereocenters. The second kappa shape index (κ2) is 8.05. The molecule has 4 rings (SSSR count). The molecule has 29 heavy (non-hydrogen) atoms. The van der Waals surface area contributed by atoms with Crippen LogP contribution >= 0.6 is 11.3 Å². The molecule has 4 aromatic rings. The number of hydrogen-bond acceptors (Lipinski definition) is 6. The van der Waals surface area contributed by atoms with Crippen molar-refractivity contribution in [3.63, 3.8) is 0 Å². The van der Waals surface area contributed by atoms with Crippen LogP contribution in [0.25, 0.3) is 21.2 Å². The summed E-state index contributed by atoms with van der Waals surface area (Å²) in [5, 5.41) is 4.58. The molecule has 0 spiro atoms. The molecule has 2 aromatic heterocycles. The molecule has 0 fully saturated rings. The third-order valence-electron chi connectivity index (χ3n) is 4.87. The predicted molar refractivity (Wildman–Crippen MR) is 114 cm³/mol. The van der Waals surface area contributed by atoms with Crippen LogP contribution in [0.1, 0.15) is 22.6 Å². The van der Waals surface area contributed by atoms with Crippen LogP contribution in [0.2, 0.25) is 0 Å². The van der Waals surface area contributed by atoms with E-state index in [4.69, 9.17) is 9.15 Å². The Morgan fingerprint density at radius 1 is 1.24 bits per heavy atom. The standard InChI is InChI=1S/C22H20N2O4S/c1-13-15-8-7-14(27-2)11-18(15)28-22(26)16(13)9-10-20(25)23-12-21-24-17-5-3-4-6-19(17)29-21/h3-8,11H,9-10,12H2,1-2H3,(H,23,25). The van der Waals surface area contributed by atoms with Crippen molar-refractivity contribution < 1.29 is 13.9 Å². The molecular weight excluding hydrogens is 388 g/mol. The number of nitrogens with one attached hydrogen (secondary N) is 1. The van der Waals surface area contributed by atoms with Gasteiger partial charge in [0.05, 0.1) is 23.9 Å². The lowest BCUT2D eigenvalue weighted by molar-refractivity contribution is -0.121. The fourth-order valence-electron chi connectivity index (χ4n) is 3.29. The Morgan fingerprint density at radius 2 is 2.07 bits per heavy atom. The normalized spacial score (nSPS) is 11.1. The number of rotatable bonds is 6. The zero-order chi connectivity index (χ0) is 20.4. The number of carbonyl (C=O) groups excluding carboxylic acids is 1. The Morgan fingerprint density at radius 3 is 2.86 bits per heavy atom. The summed E-state index contributed by atoms with van der Waals surface area (Å²) < 4.78 is 11.7. The Kier molecular flexibility index (Phi) is 5.31. The van der Waals surface area contributed by atoms with Gasteiger partial charge in [-0.2, -0.15) is 0 Å². The number of aryl methyl sites for hydroxylation is 1. The molecule has 0 aliphatic rings. The summed E-state index contributed by atoms with van der Waals surface area (Å²) in [4.78, 5) is 29.2. The van der Waals surface area contributed by atoms with E-state index in [-0.39, 0.29) is 12.3 Å². The van der Waals surface area contributed by atoms with Crippen molar-refractivity contribution in [1.82, 2.24) is 10.3 Å². The van der Waals surface area contributed by atoms with Crippen molar-refractivity contribution in [2.75, 3.05) is 7.11 Å². The quantitative estimate of drug-likeness (QED) is 0.488. The number of aromatic nitrogens is 1. The Labute approximate surface area is 171 Å². The zero-order valence-electron chi connectivity index (χ0n) is 16.2. The average molecular weight is 408 g/mol. The number of thiazole rings is 1. The largest absolute Gasteiger partial charge is 0.497 e. The average Bonchev–Trinajstić information content (AvgIpc) is 3.14. The summed E-state index contributed by atoms with van der Waals surface area (Å²) in [6.07, 6.45) is 0.528. The number of amides is 1. The van der Waals surface area contributed by atoms with E-state index in [1.807, 2.05) is 43.3 Å². The highest BCUT2D eigenvalue weighted by atomic mass is 32.1. The molecule has 0 aliphatic heterocycles. The highest BCUT2D eigenvalue weighted by molar-refractivity contribution is 7.18. The van der Waals surface area contributed by atoms with E-state index in [1.165, 1.54) is 0 Å². The van der Waals surface area contributed by atoms with E-state index in [2.05, 4.69) is 10.3 Å². The van der Waals surface area contributed by atoms with Gasteiger partial charge in [0, 0.05) is 23.4 Å². The summed E-state index contributed by atoms with van der Waals surface area (Å²) in [5.74, 6) is 0.500. The number of methoxy groups -OCH3 is 1. The van der Waals surface area contributed by atoms with E-state index in [1.54, 1.807) is 24.5 Å². The first-order chi connectivity index (χ1) is 14.0. The van der Waals surface area contributed by atoms with Crippen LogP contribution in [0, 0.1) is 6.92 Å². The molecule has 0 saturated heterocycles. The highest BCUT2D eigenvalue weighted by Crippen LogP contribution is 2.24. The van der Waals surface area contributed by atoms with Crippen molar-refractivity contribution in [2.45, 2.75) is 26.3 Å². The van der Waals surface area contributed by atoms with Gasteiger partial charge in [-0.3, -0.25) is 4.79 Å². The molecular formula is C22H20N2O4S. The summed E-state index contributed by atoms with van der Waals surface area (Å²) in [7, 11) is 1.56. The van der Waals surface area contributed by atoms with Crippen LogP contribution in [0.4, 0.5) is 0 Å². The monoisotopic (exact) mass is 408 g/mol. The van der Waals surface area contributed by atoms with Crippen LogP contribution in [0.3, 0.4) is 0 Å². The fourth-order valence-corrected chi connectivity index (χ4v) is 4.19. The Balaban J connectivity index is 1.43. The van der Waals surface area contributed by atoms with Crippen molar-refractivity contribution >= 4 is 38.4 Å². The van der Waals surface area contributed by atoms with Crippen molar-refractivity contribution in [3.05, 3.63) is 69.0 Å². The summed E-state index contributed by atoms with van der Waals surface area (Å²) in [6.45, 7) is 2.25. The van der Waals surface area contributed by atoms with Gasteiger partial charge in [-0.1, -0.05) is 12.1 Å². The van der Waals surface area contributed by atoms with Gasteiger partial charge < -0.3 is 14.5 Å². The van der Waals surface area contributed by atoms with Crippen LogP contribution in [0.15, 0.2) is 51.7 Å². The fraction of sp³-hybridized carbons (Fsp3) is 0.227. The SMILES string of the molecule is COc1ccc2c(C)c(CCC(=O)NCc3nc4ccccc4s3)c(=O)oc2c1. The van der Waals surface area contributed by atoms with Crippen molar-refractivity contribution in [2.24, 2.45) is 0 Å².